The van der Waals surface area contributed by atoms with Crippen molar-refractivity contribution >= 4 is 5.96 Å². The van der Waals surface area contributed by atoms with Crippen molar-refractivity contribution in [3.8, 4) is 0 Å². The lowest BCUT2D eigenvalue weighted by molar-refractivity contribution is 0.156. The van der Waals surface area contributed by atoms with Gasteiger partial charge in [0, 0.05) is 38.2 Å². The molecule has 0 amide bonds. The number of likely N-dealkylation sites (tertiary alicyclic amines) is 2. The summed E-state index contributed by atoms with van der Waals surface area (Å²) in [5.74, 6) is 1.06. The molecule has 1 spiro atoms. The van der Waals surface area contributed by atoms with Gasteiger partial charge < -0.3 is 15.0 Å². The molecule has 5 nitrogen and oxygen atoms in total. The fourth-order valence-electron chi connectivity index (χ4n) is 4.98. The van der Waals surface area contributed by atoms with Crippen molar-refractivity contribution < 1.29 is 4.74 Å². The Morgan fingerprint density at radius 3 is 2.48 bits per heavy atom. The molecule has 1 aromatic carbocycles. The molecule has 0 bridgehead atoms. The van der Waals surface area contributed by atoms with E-state index in [4.69, 9.17) is 9.73 Å². The van der Waals surface area contributed by atoms with Crippen LogP contribution in [0, 0.1) is 5.41 Å². The van der Waals surface area contributed by atoms with E-state index in [2.05, 4.69) is 46.3 Å². The zero-order valence-electron chi connectivity index (χ0n) is 18.2. The summed E-state index contributed by atoms with van der Waals surface area (Å²) in [4.78, 5) is 10.0. The monoisotopic (exact) mass is 398 g/mol. The van der Waals surface area contributed by atoms with E-state index in [-0.39, 0.29) is 0 Å². The van der Waals surface area contributed by atoms with Gasteiger partial charge in [-0.2, -0.15) is 0 Å². The predicted octanol–water partition coefficient (Wildman–Crippen LogP) is 3.64. The smallest absolute Gasteiger partial charge is 0.194 e. The Hall–Kier alpha value is -1.59. The summed E-state index contributed by atoms with van der Waals surface area (Å²) in [6, 6.07) is 9.11. The van der Waals surface area contributed by atoms with E-state index in [1.165, 1.54) is 62.7 Å². The number of guanidine groups is 1. The van der Waals surface area contributed by atoms with E-state index >= 15 is 0 Å². The van der Waals surface area contributed by atoms with Gasteiger partial charge in [-0.25, -0.2) is 4.99 Å². The third kappa shape index (κ3) is 5.52. The average Bonchev–Trinajstić information content (AvgIpc) is 3.30. The first-order valence-electron chi connectivity index (χ1n) is 11.7. The van der Waals surface area contributed by atoms with Crippen molar-refractivity contribution in [1.82, 2.24) is 15.1 Å². The Bertz CT molecular complexity index is 658. The Kier molecular flexibility index (Phi) is 7.09. The molecule has 1 unspecified atom stereocenters. The van der Waals surface area contributed by atoms with Gasteiger partial charge in [0.25, 0.3) is 0 Å². The number of nitrogens with zero attached hydrogens (tertiary/aromatic N) is 3. The van der Waals surface area contributed by atoms with Gasteiger partial charge in [0.15, 0.2) is 5.96 Å². The van der Waals surface area contributed by atoms with Crippen molar-refractivity contribution in [2.45, 2.75) is 58.5 Å². The number of ether oxygens (including phenoxy) is 1. The molecular weight excluding hydrogens is 360 g/mol. The lowest BCUT2D eigenvalue weighted by Gasteiger charge is -2.25. The van der Waals surface area contributed by atoms with E-state index in [1.54, 1.807) is 0 Å². The number of rotatable bonds is 5. The van der Waals surface area contributed by atoms with Crippen LogP contribution in [-0.2, 0) is 17.8 Å². The number of hydrogen-bond acceptors (Lipinski definition) is 3. The minimum Gasteiger partial charge on any atom is -0.381 e. The first kappa shape index (κ1) is 20.7. The molecule has 0 aliphatic carbocycles. The standard InChI is InChI=1S/C24H38N4O/c1-2-25-23(28-15-11-24(19-28)12-16-29-20-24)26-17-21-7-9-22(10-8-21)18-27-13-5-3-4-6-14-27/h7-10H,2-6,11-20H2,1H3,(H,25,26). The Morgan fingerprint density at radius 2 is 1.79 bits per heavy atom. The lowest BCUT2D eigenvalue weighted by Crippen LogP contribution is -2.41. The highest BCUT2D eigenvalue weighted by Crippen LogP contribution is 2.38. The van der Waals surface area contributed by atoms with Crippen LogP contribution in [0.2, 0.25) is 0 Å². The topological polar surface area (TPSA) is 40.1 Å². The quantitative estimate of drug-likeness (QED) is 0.607. The molecule has 29 heavy (non-hydrogen) atoms. The van der Waals surface area contributed by atoms with Crippen molar-refractivity contribution in [1.29, 1.82) is 0 Å². The number of nitrogens with one attached hydrogen (secondary N) is 1. The molecule has 0 saturated carbocycles. The summed E-state index contributed by atoms with van der Waals surface area (Å²) in [5.41, 5.74) is 3.08. The summed E-state index contributed by atoms with van der Waals surface area (Å²) in [5, 5.41) is 3.50. The Balaban J connectivity index is 1.33. The van der Waals surface area contributed by atoms with Crippen molar-refractivity contribution in [2.24, 2.45) is 10.4 Å². The van der Waals surface area contributed by atoms with Gasteiger partial charge >= 0.3 is 0 Å². The number of hydrogen-bond donors (Lipinski definition) is 1. The van der Waals surface area contributed by atoms with Gasteiger partial charge in [0.1, 0.15) is 0 Å². The van der Waals surface area contributed by atoms with Crippen molar-refractivity contribution in [3.63, 3.8) is 0 Å². The van der Waals surface area contributed by atoms with Gasteiger partial charge in [0.2, 0.25) is 0 Å². The SMILES string of the molecule is CCNC(=NCc1ccc(CN2CCCCCC2)cc1)N1CCC2(CCOC2)C1. The molecule has 1 aromatic rings. The van der Waals surface area contributed by atoms with E-state index in [0.29, 0.717) is 5.41 Å². The van der Waals surface area contributed by atoms with Crippen LogP contribution in [0.5, 0.6) is 0 Å². The molecule has 0 radical (unpaired) electrons. The van der Waals surface area contributed by atoms with Gasteiger partial charge in [-0.3, -0.25) is 4.90 Å². The maximum atomic E-state index is 5.68. The highest BCUT2D eigenvalue weighted by molar-refractivity contribution is 5.80. The largest absolute Gasteiger partial charge is 0.381 e. The first-order valence-corrected chi connectivity index (χ1v) is 11.7. The molecule has 1 atom stereocenters. The molecule has 0 aromatic heterocycles. The zero-order valence-corrected chi connectivity index (χ0v) is 18.2. The van der Waals surface area contributed by atoms with Gasteiger partial charge in [-0.1, -0.05) is 37.1 Å². The summed E-state index contributed by atoms with van der Waals surface area (Å²) in [7, 11) is 0. The van der Waals surface area contributed by atoms with Crippen LogP contribution in [-0.4, -0.2) is 61.7 Å². The highest BCUT2D eigenvalue weighted by Gasteiger charge is 2.42. The van der Waals surface area contributed by atoms with Gasteiger partial charge in [0.05, 0.1) is 13.2 Å². The number of aliphatic imine (C=N–C) groups is 1. The van der Waals surface area contributed by atoms with Gasteiger partial charge in [-0.15, -0.1) is 0 Å². The summed E-state index contributed by atoms with van der Waals surface area (Å²) >= 11 is 0. The molecular formula is C24H38N4O. The predicted molar refractivity (Wildman–Crippen MR) is 119 cm³/mol. The summed E-state index contributed by atoms with van der Waals surface area (Å²) < 4.78 is 5.68. The molecule has 5 heteroatoms. The van der Waals surface area contributed by atoms with Crippen molar-refractivity contribution in [2.75, 3.05) is 45.9 Å². The van der Waals surface area contributed by atoms with E-state index in [9.17, 15) is 0 Å². The third-order valence-corrected chi connectivity index (χ3v) is 6.80. The first-order chi connectivity index (χ1) is 14.3. The number of benzene rings is 1. The average molecular weight is 399 g/mol. The second-order valence-electron chi connectivity index (χ2n) is 9.15. The maximum absolute atomic E-state index is 5.68. The van der Waals surface area contributed by atoms with Crippen LogP contribution >= 0.6 is 0 Å². The zero-order chi connectivity index (χ0) is 19.9. The molecule has 3 saturated heterocycles. The summed E-state index contributed by atoms with van der Waals surface area (Å²) in [6.45, 7) is 11.4. The van der Waals surface area contributed by atoms with E-state index in [1.807, 2.05) is 0 Å². The van der Waals surface area contributed by atoms with Gasteiger partial charge in [-0.05, 0) is 56.8 Å². The van der Waals surface area contributed by atoms with Crippen LogP contribution < -0.4 is 5.32 Å². The lowest BCUT2D eigenvalue weighted by atomic mass is 9.87. The van der Waals surface area contributed by atoms with Crippen LogP contribution in [0.25, 0.3) is 0 Å². The van der Waals surface area contributed by atoms with Crippen LogP contribution in [0.1, 0.15) is 56.6 Å². The third-order valence-electron chi connectivity index (χ3n) is 6.80. The fraction of sp³-hybridized carbons (Fsp3) is 0.708. The second kappa shape index (κ2) is 9.94. The minimum absolute atomic E-state index is 0.366. The summed E-state index contributed by atoms with van der Waals surface area (Å²) in [6.07, 6.45) is 7.91. The fourth-order valence-corrected chi connectivity index (χ4v) is 4.98. The molecule has 160 valence electrons. The molecule has 3 heterocycles. The molecule has 4 rings (SSSR count). The Morgan fingerprint density at radius 1 is 1.03 bits per heavy atom. The second-order valence-corrected chi connectivity index (χ2v) is 9.15. The highest BCUT2D eigenvalue weighted by atomic mass is 16.5. The molecule has 3 aliphatic heterocycles. The Labute approximate surface area is 176 Å². The van der Waals surface area contributed by atoms with Crippen LogP contribution in [0.3, 0.4) is 0 Å². The van der Waals surface area contributed by atoms with Crippen LogP contribution in [0.15, 0.2) is 29.3 Å². The molecule has 3 aliphatic rings. The van der Waals surface area contributed by atoms with E-state index in [0.717, 1.165) is 51.9 Å². The van der Waals surface area contributed by atoms with Crippen molar-refractivity contribution in [3.05, 3.63) is 35.4 Å². The van der Waals surface area contributed by atoms with Crippen LogP contribution in [0.4, 0.5) is 0 Å². The van der Waals surface area contributed by atoms with E-state index < -0.39 is 0 Å². The minimum atomic E-state index is 0.366. The normalized spacial score (nSPS) is 26.2. The maximum Gasteiger partial charge on any atom is 0.194 e. The molecule has 1 N–H and O–H groups in total. The molecule has 3 fully saturated rings.